The van der Waals surface area contributed by atoms with E-state index >= 15 is 0 Å². The lowest BCUT2D eigenvalue weighted by molar-refractivity contribution is 1.12. The van der Waals surface area contributed by atoms with Crippen molar-refractivity contribution < 1.29 is 0 Å². The molecule has 0 spiro atoms. The lowest BCUT2D eigenvalue weighted by atomic mass is 10.1. The van der Waals surface area contributed by atoms with Crippen LogP contribution in [0.2, 0.25) is 0 Å². The number of pyridine rings is 1. The van der Waals surface area contributed by atoms with Gasteiger partial charge in [-0.1, -0.05) is 0 Å². The maximum Gasteiger partial charge on any atom is 0.0472 e. The van der Waals surface area contributed by atoms with E-state index in [9.17, 15) is 0 Å². The summed E-state index contributed by atoms with van der Waals surface area (Å²) in [6.07, 6.45) is 1.93. The number of aromatic amines is 1. The van der Waals surface area contributed by atoms with Gasteiger partial charge >= 0.3 is 0 Å². The molecule has 2 heterocycles. The van der Waals surface area contributed by atoms with E-state index in [0.717, 1.165) is 17.1 Å². The van der Waals surface area contributed by atoms with E-state index in [1.54, 1.807) is 0 Å². The van der Waals surface area contributed by atoms with Gasteiger partial charge in [0.1, 0.15) is 0 Å². The Morgan fingerprint density at radius 1 is 1.15 bits per heavy atom. The van der Waals surface area contributed by atoms with Crippen molar-refractivity contribution in [1.29, 1.82) is 0 Å². The number of hydrogen-bond donors (Lipinski definition) is 1. The molecule has 2 aromatic heterocycles. The van der Waals surface area contributed by atoms with Crippen molar-refractivity contribution in [3.8, 4) is 11.3 Å². The summed E-state index contributed by atoms with van der Waals surface area (Å²) in [6, 6.07) is 8.18. The molecule has 0 bridgehead atoms. The first-order valence-corrected chi connectivity index (χ1v) is 4.35. The molecular weight excluding hydrogens is 160 g/mol. The summed E-state index contributed by atoms with van der Waals surface area (Å²) in [6.45, 7) is 4.04. The highest BCUT2D eigenvalue weighted by atomic mass is 14.7. The molecule has 0 aliphatic heterocycles. The van der Waals surface area contributed by atoms with Gasteiger partial charge in [0, 0.05) is 28.8 Å². The van der Waals surface area contributed by atoms with Crippen LogP contribution in [0, 0.1) is 13.8 Å². The third kappa shape index (κ3) is 1.47. The van der Waals surface area contributed by atoms with Crippen molar-refractivity contribution in [1.82, 2.24) is 9.97 Å². The van der Waals surface area contributed by atoms with Gasteiger partial charge in [-0.2, -0.15) is 0 Å². The first-order valence-electron chi connectivity index (χ1n) is 4.35. The summed E-state index contributed by atoms with van der Waals surface area (Å²) in [5, 5.41) is 0. The molecular formula is C11H12N2. The van der Waals surface area contributed by atoms with E-state index < -0.39 is 0 Å². The molecule has 0 amide bonds. The van der Waals surface area contributed by atoms with Gasteiger partial charge in [-0.25, -0.2) is 0 Å². The topological polar surface area (TPSA) is 28.7 Å². The molecule has 0 saturated heterocycles. The van der Waals surface area contributed by atoms with Gasteiger partial charge < -0.3 is 4.98 Å². The zero-order valence-corrected chi connectivity index (χ0v) is 7.83. The standard InChI is InChI=1S/C11H12N2/c1-8-5-6-10(9(2)13-8)11-4-3-7-12-11/h3-7,12H,1-2H3. The molecule has 0 aliphatic rings. The van der Waals surface area contributed by atoms with Crippen molar-refractivity contribution >= 4 is 0 Å². The van der Waals surface area contributed by atoms with E-state index in [1.165, 1.54) is 5.56 Å². The Kier molecular flexibility index (Phi) is 1.89. The van der Waals surface area contributed by atoms with E-state index in [-0.39, 0.29) is 0 Å². The van der Waals surface area contributed by atoms with Crippen LogP contribution in [-0.4, -0.2) is 9.97 Å². The lowest BCUT2D eigenvalue weighted by Crippen LogP contribution is -1.89. The number of nitrogens with zero attached hydrogens (tertiary/aromatic N) is 1. The zero-order valence-electron chi connectivity index (χ0n) is 7.83. The molecule has 0 radical (unpaired) electrons. The van der Waals surface area contributed by atoms with E-state index in [2.05, 4.69) is 22.1 Å². The second-order valence-corrected chi connectivity index (χ2v) is 3.17. The second-order valence-electron chi connectivity index (χ2n) is 3.17. The van der Waals surface area contributed by atoms with Crippen molar-refractivity contribution in [3.05, 3.63) is 41.9 Å². The van der Waals surface area contributed by atoms with Crippen LogP contribution in [0.5, 0.6) is 0 Å². The molecule has 0 atom stereocenters. The number of aryl methyl sites for hydroxylation is 2. The molecule has 0 aliphatic carbocycles. The highest BCUT2D eigenvalue weighted by molar-refractivity contribution is 5.61. The van der Waals surface area contributed by atoms with Crippen LogP contribution >= 0.6 is 0 Å². The molecule has 2 heteroatoms. The summed E-state index contributed by atoms with van der Waals surface area (Å²) in [5.74, 6) is 0. The Balaban J connectivity index is 2.53. The molecule has 1 N–H and O–H groups in total. The lowest BCUT2D eigenvalue weighted by Gasteiger charge is -2.03. The molecule has 2 aromatic rings. The minimum Gasteiger partial charge on any atom is -0.361 e. The van der Waals surface area contributed by atoms with Crippen LogP contribution in [0.15, 0.2) is 30.5 Å². The Hall–Kier alpha value is -1.57. The summed E-state index contributed by atoms with van der Waals surface area (Å²) in [4.78, 5) is 7.58. The van der Waals surface area contributed by atoms with Crippen LogP contribution in [-0.2, 0) is 0 Å². The Morgan fingerprint density at radius 3 is 2.62 bits per heavy atom. The summed E-state index contributed by atoms with van der Waals surface area (Å²) >= 11 is 0. The Labute approximate surface area is 77.6 Å². The maximum absolute atomic E-state index is 4.41. The minimum atomic E-state index is 1.06. The van der Waals surface area contributed by atoms with Crippen molar-refractivity contribution in [2.45, 2.75) is 13.8 Å². The van der Waals surface area contributed by atoms with Gasteiger partial charge in [0.2, 0.25) is 0 Å². The monoisotopic (exact) mass is 172 g/mol. The van der Waals surface area contributed by atoms with Gasteiger partial charge in [-0.15, -0.1) is 0 Å². The van der Waals surface area contributed by atoms with E-state index in [4.69, 9.17) is 0 Å². The van der Waals surface area contributed by atoms with Gasteiger partial charge in [0.15, 0.2) is 0 Å². The SMILES string of the molecule is Cc1ccc(-c2ccc[nH]2)c(C)n1. The predicted molar refractivity (Wildman–Crippen MR) is 53.5 cm³/mol. The van der Waals surface area contributed by atoms with Crippen molar-refractivity contribution in [3.63, 3.8) is 0 Å². The van der Waals surface area contributed by atoms with E-state index in [1.807, 2.05) is 32.2 Å². The number of nitrogens with one attached hydrogen (secondary N) is 1. The van der Waals surface area contributed by atoms with Crippen LogP contribution in [0.3, 0.4) is 0 Å². The molecule has 2 nitrogen and oxygen atoms in total. The highest BCUT2D eigenvalue weighted by Crippen LogP contribution is 2.19. The summed E-state index contributed by atoms with van der Waals surface area (Å²) in [5.41, 5.74) is 4.44. The summed E-state index contributed by atoms with van der Waals surface area (Å²) < 4.78 is 0. The average molecular weight is 172 g/mol. The molecule has 2 rings (SSSR count). The second kappa shape index (κ2) is 3.05. The van der Waals surface area contributed by atoms with Gasteiger partial charge in [-0.05, 0) is 38.1 Å². The van der Waals surface area contributed by atoms with Crippen LogP contribution in [0.4, 0.5) is 0 Å². The largest absolute Gasteiger partial charge is 0.361 e. The van der Waals surface area contributed by atoms with Gasteiger partial charge in [0.25, 0.3) is 0 Å². The first-order chi connectivity index (χ1) is 6.27. The normalized spacial score (nSPS) is 10.3. The van der Waals surface area contributed by atoms with Crippen LogP contribution in [0.25, 0.3) is 11.3 Å². The fraction of sp³-hybridized carbons (Fsp3) is 0.182. The fourth-order valence-electron chi connectivity index (χ4n) is 1.47. The quantitative estimate of drug-likeness (QED) is 0.704. The predicted octanol–water partition coefficient (Wildman–Crippen LogP) is 2.69. The van der Waals surface area contributed by atoms with Crippen LogP contribution < -0.4 is 0 Å². The first kappa shape index (κ1) is 8.05. The zero-order chi connectivity index (χ0) is 9.26. The number of aromatic nitrogens is 2. The third-order valence-corrected chi connectivity index (χ3v) is 2.11. The molecule has 0 unspecified atom stereocenters. The third-order valence-electron chi connectivity index (χ3n) is 2.11. The summed E-state index contributed by atoms with van der Waals surface area (Å²) in [7, 11) is 0. The smallest absolute Gasteiger partial charge is 0.0472 e. The van der Waals surface area contributed by atoms with Gasteiger partial charge in [-0.3, -0.25) is 4.98 Å². The Bertz CT molecular complexity index is 402. The number of rotatable bonds is 1. The molecule has 0 saturated carbocycles. The molecule has 0 fully saturated rings. The molecule has 13 heavy (non-hydrogen) atoms. The maximum atomic E-state index is 4.41. The van der Waals surface area contributed by atoms with Crippen LogP contribution in [0.1, 0.15) is 11.4 Å². The number of H-pyrrole nitrogens is 1. The molecule has 0 aromatic carbocycles. The number of hydrogen-bond acceptors (Lipinski definition) is 1. The Morgan fingerprint density at radius 2 is 2.00 bits per heavy atom. The van der Waals surface area contributed by atoms with Crippen molar-refractivity contribution in [2.24, 2.45) is 0 Å². The van der Waals surface area contributed by atoms with E-state index in [0.29, 0.717) is 0 Å². The molecule has 66 valence electrons. The highest BCUT2D eigenvalue weighted by Gasteiger charge is 2.02. The average Bonchev–Trinajstić information content (AvgIpc) is 2.56. The minimum absolute atomic E-state index is 1.06. The van der Waals surface area contributed by atoms with Gasteiger partial charge in [0.05, 0.1) is 0 Å². The van der Waals surface area contributed by atoms with Crippen molar-refractivity contribution in [2.75, 3.05) is 0 Å². The fourth-order valence-corrected chi connectivity index (χ4v) is 1.47.